The molecular formula is C15H18BrF2NO. The summed E-state index contributed by atoms with van der Waals surface area (Å²) in [6.45, 7) is 3.90. The van der Waals surface area contributed by atoms with Crippen molar-refractivity contribution >= 4 is 27.5 Å². The van der Waals surface area contributed by atoms with E-state index in [1.807, 2.05) is 26.0 Å². The molecule has 1 N–H and O–H groups in total. The maximum Gasteiger partial charge on any atom is 0.248 e. The smallest absolute Gasteiger partial charge is 0.248 e. The Morgan fingerprint density at radius 3 is 2.25 bits per heavy atom. The van der Waals surface area contributed by atoms with E-state index in [4.69, 9.17) is 0 Å². The van der Waals surface area contributed by atoms with E-state index >= 15 is 0 Å². The van der Waals surface area contributed by atoms with Gasteiger partial charge >= 0.3 is 0 Å². The molecule has 0 spiro atoms. The zero-order valence-electron chi connectivity index (χ0n) is 11.6. The van der Waals surface area contributed by atoms with E-state index in [0.29, 0.717) is 0 Å². The van der Waals surface area contributed by atoms with Crippen LogP contribution in [-0.4, -0.2) is 11.8 Å². The first kappa shape index (κ1) is 15.4. The molecule has 0 atom stereocenters. The van der Waals surface area contributed by atoms with E-state index in [-0.39, 0.29) is 37.5 Å². The van der Waals surface area contributed by atoms with Gasteiger partial charge in [0.25, 0.3) is 0 Å². The summed E-state index contributed by atoms with van der Waals surface area (Å²) in [4.78, 5) is 12.1. The van der Waals surface area contributed by atoms with Crippen molar-refractivity contribution in [2.24, 2.45) is 5.92 Å². The molecule has 0 heterocycles. The number of rotatable bonds is 2. The molecule has 0 aromatic heterocycles. The largest absolute Gasteiger partial charge is 0.326 e. The van der Waals surface area contributed by atoms with Crippen molar-refractivity contribution in [3.05, 3.63) is 27.7 Å². The average Bonchev–Trinajstić information content (AvgIpc) is 2.35. The second kappa shape index (κ2) is 5.80. The first-order valence-corrected chi connectivity index (χ1v) is 7.53. The lowest BCUT2D eigenvalue weighted by Gasteiger charge is -2.27. The van der Waals surface area contributed by atoms with E-state index in [2.05, 4.69) is 21.2 Å². The Morgan fingerprint density at radius 2 is 1.75 bits per heavy atom. The number of benzene rings is 1. The Kier molecular flexibility index (Phi) is 4.47. The fourth-order valence-corrected chi connectivity index (χ4v) is 2.79. The van der Waals surface area contributed by atoms with Gasteiger partial charge in [0.1, 0.15) is 0 Å². The molecule has 20 heavy (non-hydrogen) atoms. The predicted octanol–water partition coefficient (Wildman–Crippen LogP) is 4.83. The maximum atomic E-state index is 13.1. The van der Waals surface area contributed by atoms with Crippen LogP contribution in [0.15, 0.2) is 16.6 Å². The summed E-state index contributed by atoms with van der Waals surface area (Å²) in [6, 6.07) is 3.76. The average molecular weight is 346 g/mol. The quantitative estimate of drug-likeness (QED) is 0.817. The monoisotopic (exact) mass is 345 g/mol. The third-order valence-electron chi connectivity index (χ3n) is 3.79. The highest BCUT2D eigenvalue weighted by Gasteiger charge is 2.37. The van der Waals surface area contributed by atoms with Gasteiger partial charge in [-0.15, -0.1) is 0 Å². The van der Waals surface area contributed by atoms with Gasteiger partial charge in [0, 0.05) is 28.9 Å². The minimum absolute atomic E-state index is 0.151. The van der Waals surface area contributed by atoms with Crippen LogP contribution in [0.1, 0.15) is 36.8 Å². The summed E-state index contributed by atoms with van der Waals surface area (Å²) in [5.41, 5.74) is 2.80. The molecule has 110 valence electrons. The van der Waals surface area contributed by atoms with Gasteiger partial charge in [0.2, 0.25) is 11.8 Å². The highest BCUT2D eigenvalue weighted by atomic mass is 79.9. The van der Waals surface area contributed by atoms with Crippen LogP contribution in [-0.2, 0) is 4.79 Å². The summed E-state index contributed by atoms with van der Waals surface area (Å²) < 4.78 is 27.2. The number of alkyl halides is 2. The molecule has 2 rings (SSSR count). The molecule has 0 saturated heterocycles. The molecule has 1 fully saturated rings. The van der Waals surface area contributed by atoms with Gasteiger partial charge in [0.05, 0.1) is 0 Å². The van der Waals surface area contributed by atoms with Gasteiger partial charge in [-0.1, -0.05) is 15.9 Å². The number of hydrogen-bond acceptors (Lipinski definition) is 1. The minimum atomic E-state index is -2.60. The highest BCUT2D eigenvalue weighted by Crippen LogP contribution is 2.36. The van der Waals surface area contributed by atoms with Gasteiger partial charge in [0.15, 0.2) is 0 Å². The van der Waals surface area contributed by atoms with Crippen molar-refractivity contribution in [3.8, 4) is 0 Å². The third kappa shape index (κ3) is 3.57. The normalized spacial score (nSPS) is 18.9. The highest BCUT2D eigenvalue weighted by molar-refractivity contribution is 9.10. The fourth-order valence-electron chi connectivity index (χ4n) is 2.56. The van der Waals surface area contributed by atoms with E-state index in [1.165, 1.54) is 0 Å². The molecular weight excluding hydrogens is 328 g/mol. The van der Waals surface area contributed by atoms with Crippen molar-refractivity contribution in [2.45, 2.75) is 45.5 Å². The first-order chi connectivity index (χ1) is 9.28. The second-order valence-corrected chi connectivity index (χ2v) is 6.34. The van der Waals surface area contributed by atoms with Crippen LogP contribution in [0, 0.1) is 19.8 Å². The molecule has 0 aliphatic heterocycles. The lowest BCUT2D eigenvalue weighted by molar-refractivity contribution is -0.124. The van der Waals surface area contributed by atoms with Crippen molar-refractivity contribution < 1.29 is 13.6 Å². The number of halogens is 3. The van der Waals surface area contributed by atoms with Crippen LogP contribution in [0.3, 0.4) is 0 Å². The fraction of sp³-hybridized carbons (Fsp3) is 0.533. The topological polar surface area (TPSA) is 29.1 Å². The van der Waals surface area contributed by atoms with Crippen molar-refractivity contribution in [2.75, 3.05) is 5.32 Å². The molecule has 0 unspecified atom stereocenters. The Hall–Kier alpha value is -0.970. The van der Waals surface area contributed by atoms with Crippen LogP contribution in [0.2, 0.25) is 0 Å². The Labute approximate surface area is 126 Å². The number of hydrogen-bond donors (Lipinski definition) is 1. The number of aryl methyl sites for hydroxylation is 2. The Bertz CT molecular complexity index is 498. The molecule has 1 saturated carbocycles. The standard InChI is InChI=1S/C15H18BrF2NO/c1-9-7-12(8-10(2)13(9)16)19-14(20)11-3-5-15(17,18)6-4-11/h7-8,11H,3-6H2,1-2H3,(H,19,20). The number of anilines is 1. The Morgan fingerprint density at radius 1 is 1.25 bits per heavy atom. The minimum Gasteiger partial charge on any atom is -0.326 e. The van der Waals surface area contributed by atoms with Crippen molar-refractivity contribution in [1.82, 2.24) is 0 Å². The predicted molar refractivity (Wildman–Crippen MR) is 79.2 cm³/mol. The number of carbonyl (C=O) groups excluding carboxylic acids is 1. The van der Waals surface area contributed by atoms with Gasteiger partial charge in [-0.3, -0.25) is 4.79 Å². The summed E-state index contributed by atoms with van der Waals surface area (Å²) in [7, 11) is 0. The Balaban J connectivity index is 2.02. The summed E-state index contributed by atoms with van der Waals surface area (Å²) in [6.07, 6.45) is 0.133. The van der Waals surface area contributed by atoms with Crippen molar-refractivity contribution in [3.63, 3.8) is 0 Å². The number of amides is 1. The van der Waals surface area contributed by atoms with Crippen LogP contribution in [0.4, 0.5) is 14.5 Å². The van der Waals surface area contributed by atoms with E-state index in [0.717, 1.165) is 21.3 Å². The summed E-state index contributed by atoms with van der Waals surface area (Å²) in [5, 5.41) is 2.84. The van der Waals surface area contributed by atoms with E-state index < -0.39 is 5.92 Å². The second-order valence-electron chi connectivity index (χ2n) is 5.54. The van der Waals surface area contributed by atoms with E-state index in [1.54, 1.807) is 0 Å². The lowest BCUT2D eigenvalue weighted by atomic mass is 9.86. The van der Waals surface area contributed by atoms with Crippen LogP contribution in [0.25, 0.3) is 0 Å². The zero-order valence-corrected chi connectivity index (χ0v) is 13.2. The molecule has 1 aliphatic carbocycles. The van der Waals surface area contributed by atoms with Crippen molar-refractivity contribution in [1.29, 1.82) is 0 Å². The zero-order chi connectivity index (χ0) is 14.9. The number of nitrogens with one attached hydrogen (secondary N) is 1. The summed E-state index contributed by atoms with van der Waals surface area (Å²) in [5.74, 6) is -3.05. The molecule has 1 aliphatic rings. The summed E-state index contributed by atoms with van der Waals surface area (Å²) >= 11 is 3.47. The van der Waals surface area contributed by atoms with E-state index in [9.17, 15) is 13.6 Å². The maximum absolute atomic E-state index is 13.1. The van der Waals surface area contributed by atoms with Gasteiger partial charge < -0.3 is 5.32 Å². The van der Waals surface area contributed by atoms with Crippen LogP contribution >= 0.6 is 15.9 Å². The number of carbonyl (C=O) groups is 1. The molecule has 0 radical (unpaired) electrons. The lowest BCUT2D eigenvalue weighted by Crippen LogP contribution is -2.31. The van der Waals surface area contributed by atoms with Crippen LogP contribution < -0.4 is 5.32 Å². The van der Waals surface area contributed by atoms with Gasteiger partial charge in [-0.2, -0.15) is 0 Å². The molecule has 1 aromatic rings. The van der Waals surface area contributed by atoms with Crippen LogP contribution in [0.5, 0.6) is 0 Å². The molecule has 5 heteroatoms. The molecule has 2 nitrogen and oxygen atoms in total. The molecule has 0 bridgehead atoms. The SMILES string of the molecule is Cc1cc(NC(=O)C2CCC(F)(F)CC2)cc(C)c1Br. The third-order valence-corrected chi connectivity index (χ3v) is 5.04. The van der Waals surface area contributed by atoms with Gasteiger partial charge in [-0.05, 0) is 49.9 Å². The first-order valence-electron chi connectivity index (χ1n) is 6.74. The molecule has 1 amide bonds. The van der Waals surface area contributed by atoms with Gasteiger partial charge in [-0.25, -0.2) is 8.78 Å². The molecule has 1 aromatic carbocycles.